The number of benzene rings is 1. The van der Waals surface area contributed by atoms with Crippen molar-refractivity contribution in [1.82, 2.24) is 9.29 Å². The van der Waals surface area contributed by atoms with E-state index in [0.29, 0.717) is 36.0 Å². The molecule has 7 heteroatoms. The van der Waals surface area contributed by atoms with Gasteiger partial charge in [-0.3, -0.25) is 0 Å². The zero-order valence-electron chi connectivity index (χ0n) is 12.6. The van der Waals surface area contributed by atoms with Gasteiger partial charge in [-0.15, -0.1) is 0 Å². The second-order valence-electron chi connectivity index (χ2n) is 5.42. The van der Waals surface area contributed by atoms with Crippen LogP contribution in [-0.2, 0) is 10.0 Å². The number of ether oxygens (including phenoxy) is 1. The zero-order chi connectivity index (χ0) is 16.4. The molecule has 1 saturated heterocycles. The van der Waals surface area contributed by atoms with E-state index < -0.39 is 10.0 Å². The highest BCUT2D eigenvalue weighted by Gasteiger charge is 2.34. The predicted molar refractivity (Wildman–Crippen MR) is 88.2 cm³/mol. The lowest BCUT2D eigenvalue weighted by molar-refractivity contribution is 0.207. The number of sulfonamides is 1. The fourth-order valence-electron chi connectivity index (χ4n) is 2.61. The number of rotatable bonds is 4. The van der Waals surface area contributed by atoms with Crippen LogP contribution in [0.3, 0.4) is 0 Å². The predicted octanol–water partition coefficient (Wildman–Crippen LogP) is 2.89. The van der Waals surface area contributed by atoms with Crippen molar-refractivity contribution in [2.45, 2.75) is 24.3 Å². The molecule has 2 heterocycles. The third-order valence-electron chi connectivity index (χ3n) is 3.87. The molecule has 1 fully saturated rings. The Balaban J connectivity index is 1.76. The fraction of sp³-hybridized carbons (Fsp3) is 0.312. The maximum atomic E-state index is 12.8. The SMILES string of the molecule is Cc1c(Cl)cccc1S(=O)(=O)N1CCC(Oc2ccccn2)C1. The van der Waals surface area contributed by atoms with Gasteiger partial charge in [-0.25, -0.2) is 13.4 Å². The molecule has 0 radical (unpaired) electrons. The van der Waals surface area contributed by atoms with E-state index in [9.17, 15) is 8.42 Å². The molecule has 1 aromatic heterocycles. The van der Waals surface area contributed by atoms with Crippen LogP contribution < -0.4 is 4.74 Å². The Morgan fingerprint density at radius 2 is 2.09 bits per heavy atom. The zero-order valence-corrected chi connectivity index (χ0v) is 14.2. The highest BCUT2D eigenvalue weighted by molar-refractivity contribution is 7.89. The van der Waals surface area contributed by atoms with Crippen molar-refractivity contribution in [1.29, 1.82) is 0 Å². The van der Waals surface area contributed by atoms with Gasteiger partial charge in [0.1, 0.15) is 6.10 Å². The largest absolute Gasteiger partial charge is 0.473 e. The maximum absolute atomic E-state index is 12.8. The number of hydrogen-bond acceptors (Lipinski definition) is 4. The summed E-state index contributed by atoms with van der Waals surface area (Å²) in [5.41, 5.74) is 0.572. The van der Waals surface area contributed by atoms with Crippen LogP contribution in [-0.4, -0.2) is 36.9 Å². The van der Waals surface area contributed by atoms with Crippen LogP contribution in [0.25, 0.3) is 0 Å². The summed E-state index contributed by atoms with van der Waals surface area (Å²) in [6.07, 6.45) is 2.09. The van der Waals surface area contributed by atoms with E-state index in [4.69, 9.17) is 16.3 Å². The first-order valence-electron chi connectivity index (χ1n) is 7.31. The molecule has 0 bridgehead atoms. The van der Waals surface area contributed by atoms with Gasteiger partial charge < -0.3 is 4.74 Å². The molecule has 0 saturated carbocycles. The van der Waals surface area contributed by atoms with E-state index in [2.05, 4.69) is 4.98 Å². The minimum Gasteiger partial charge on any atom is -0.473 e. The molecule has 0 spiro atoms. The Bertz CT molecular complexity index is 796. The molecule has 23 heavy (non-hydrogen) atoms. The second kappa shape index (κ2) is 6.47. The van der Waals surface area contributed by atoms with Crippen molar-refractivity contribution >= 4 is 21.6 Å². The van der Waals surface area contributed by atoms with Gasteiger partial charge in [-0.2, -0.15) is 4.31 Å². The molecule has 1 aliphatic rings. The van der Waals surface area contributed by atoms with Crippen molar-refractivity contribution < 1.29 is 13.2 Å². The Kier molecular flexibility index (Phi) is 4.57. The second-order valence-corrected chi connectivity index (χ2v) is 7.74. The number of pyridine rings is 1. The molecule has 122 valence electrons. The van der Waals surface area contributed by atoms with Crippen molar-refractivity contribution in [3.63, 3.8) is 0 Å². The average molecular weight is 353 g/mol. The first kappa shape index (κ1) is 16.2. The Morgan fingerprint density at radius 3 is 2.83 bits per heavy atom. The lowest BCUT2D eigenvalue weighted by Crippen LogP contribution is -2.31. The van der Waals surface area contributed by atoms with Gasteiger partial charge in [0, 0.05) is 23.8 Å². The molecule has 1 atom stereocenters. The molecule has 0 N–H and O–H groups in total. The minimum atomic E-state index is -3.57. The third kappa shape index (κ3) is 3.34. The quantitative estimate of drug-likeness (QED) is 0.849. The van der Waals surface area contributed by atoms with Gasteiger partial charge >= 0.3 is 0 Å². The van der Waals surface area contributed by atoms with Gasteiger partial charge in [0.05, 0.1) is 11.4 Å². The van der Waals surface area contributed by atoms with Crippen molar-refractivity contribution in [2.24, 2.45) is 0 Å². The minimum absolute atomic E-state index is 0.195. The van der Waals surface area contributed by atoms with Crippen LogP contribution in [0.15, 0.2) is 47.5 Å². The summed E-state index contributed by atoms with van der Waals surface area (Å²) in [6.45, 7) is 2.45. The summed E-state index contributed by atoms with van der Waals surface area (Å²) in [5.74, 6) is 0.510. The summed E-state index contributed by atoms with van der Waals surface area (Å²) in [7, 11) is -3.57. The standard InChI is InChI=1S/C16H17ClN2O3S/c1-12-14(17)5-4-6-15(12)23(20,21)19-10-8-13(11-19)22-16-7-2-3-9-18-16/h2-7,9,13H,8,10-11H2,1H3. The molecule has 0 amide bonds. The fourth-order valence-corrected chi connectivity index (χ4v) is 4.57. The first-order valence-corrected chi connectivity index (χ1v) is 9.13. The highest BCUT2D eigenvalue weighted by atomic mass is 35.5. The first-order chi connectivity index (χ1) is 11.0. The summed E-state index contributed by atoms with van der Waals surface area (Å²) < 4.78 is 32.8. The maximum Gasteiger partial charge on any atom is 0.243 e. The summed E-state index contributed by atoms with van der Waals surface area (Å²) in [5, 5.41) is 0.451. The van der Waals surface area contributed by atoms with Crippen molar-refractivity contribution in [3.05, 3.63) is 53.2 Å². The summed E-state index contributed by atoms with van der Waals surface area (Å²) >= 11 is 6.05. The molecule has 1 unspecified atom stereocenters. The Hall–Kier alpha value is -1.63. The van der Waals surface area contributed by atoms with E-state index in [0.717, 1.165) is 0 Å². The van der Waals surface area contributed by atoms with E-state index in [1.165, 1.54) is 4.31 Å². The smallest absolute Gasteiger partial charge is 0.243 e. The van der Waals surface area contributed by atoms with E-state index in [1.807, 2.05) is 6.07 Å². The van der Waals surface area contributed by atoms with Crippen LogP contribution in [0.2, 0.25) is 5.02 Å². The van der Waals surface area contributed by atoms with E-state index >= 15 is 0 Å². The number of aromatic nitrogens is 1. The lowest BCUT2D eigenvalue weighted by Gasteiger charge is -2.18. The third-order valence-corrected chi connectivity index (χ3v) is 6.29. The summed E-state index contributed by atoms with van der Waals surface area (Å²) in [4.78, 5) is 4.36. The monoisotopic (exact) mass is 352 g/mol. The molecule has 5 nitrogen and oxygen atoms in total. The van der Waals surface area contributed by atoms with E-state index in [-0.39, 0.29) is 11.0 Å². The van der Waals surface area contributed by atoms with Gasteiger partial charge in [-0.1, -0.05) is 23.7 Å². The number of halogens is 1. The van der Waals surface area contributed by atoms with Crippen LogP contribution >= 0.6 is 11.6 Å². The molecule has 2 aromatic rings. The van der Waals surface area contributed by atoms with E-state index in [1.54, 1.807) is 43.5 Å². The van der Waals surface area contributed by atoms with Crippen LogP contribution in [0.4, 0.5) is 0 Å². The average Bonchev–Trinajstić information content (AvgIpc) is 3.00. The van der Waals surface area contributed by atoms with Crippen molar-refractivity contribution in [2.75, 3.05) is 13.1 Å². The van der Waals surface area contributed by atoms with Crippen molar-refractivity contribution in [3.8, 4) is 5.88 Å². The lowest BCUT2D eigenvalue weighted by atomic mass is 10.2. The Labute approximate surface area is 140 Å². The van der Waals surface area contributed by atoms with Crippen LogP contribution in [0.5, 0.6) is 5.88 Å². The highest BCUT2D eigenvalue weighted by Crippen LogP contribution is 2.28. The van der Waals surface area contributed by atoms with Gasteiger partial charge in [0.2, 0.25) is 15.9 Å². The van der Waals surface area contributed by atoms with Gasteiger partial charge in [0.25, 0.3) is 0 Å². The topological polar surface area (TPSA) is 59.5 Å². The Morgan fingerprint density at radius 1 is 1.26 bits per heavy atom. The van der Waals surface area contributed by atoms with Crippen LogP contribution in [0, 0.1) is 6.92 Å². The molecule has 1 aliphatic heterocycles. The molecule has 0 aliphatic carbocycles. The molecule has 1 aromatic carbocycles. The van der Waals surface area contributed by atoms with Crippen LogP contribution in [0.1, 0.15) is 12.0 Å². The number of hydrogen-bond donors (Lipinski definition) is 0. The summed E-state index contributed by atoms with van der Waals surface area (Å²) in [6, 6.07) is 10.3. The van der Waals surface area contributed by atoms with Gasteiger partial charge in [0.15, 0.2) is 0 Å². The number of nitrogens with zero attached hydrogens (tertiary/aromatic N) is 2. The normalized spacial score (nSPS) is 19.0. The molecule has 3 rings (SSSR count). The molecular formula is C16H17ClN2O3S. The van der Waals surface area contributed by atoms with Gasteiger partial charge in [-0.05, 0) is 37.1 Å². The molecular weight excluding hydrogens is 336 g/mol.